The molecule has 0 spiro atoms. The molecule has 1 amide bonds. The Hall–Kier alpha value is -3.46. The fraction of sp³-hybridized carbons (Fsp3) is 0.0588. The first-order valence-electron chi connectivity index (χ1n) is 6.78. The van der Waals surface area contributed by atoms with Crippen molar-refractivity contribution in [3.63, 3.8) is 0 Å². The lowest BCUT2D eigenvalue weighted by Crippen LogP contribution is -2.28. The quantitative estimate of drug-likeness (QED) is 0.725. The van der Waals surface area contributed by atoms with E-state index in [1.54, 1.807) is 36.4 Å². The molecule has 6 heteroatoms. The fourth-order valence-electron chi connectivity index (χ4n) is 2.12. The highest BCUT2D eigenvalue weighted by molar-refractivity contribution is 6.04. The molecule has 1 aromatic heterocycles. The minimum Gasteiger partial charge on any atom is -0.388 e. The topological polar surface area (TPSA) is 87.2 Å². The Morgan fingerprint density at radius 1 is 1.17 bits per heavy atom. The van der Waals surface area contributed by atoms with Crippen LogP contribution in [-0.4, -0.2) is 17.9 Å². The molecule has 0 fully saturated rings. The number of para-hydroxylation sites is 1. The van der Waals surface area contributed by atoms with Gasteiger partial charge in [0.05, 0.1) is 22.5 Å². The van der Waals surface area contributed by atoms with Gasteiger partial charge in [0, 0.05) is 12.6 Å². The number of carbonyl (C=O) groups is 1. The maximum Gasteiger partial charge on any atom is 0.348 e. The third-order valence-electron chi connectivity index (χ3n) is 3.38. The van der Waals surface area contributed by atoms with Crippen LogP contribution < -0.4 is 10.5 Å². The fourth-order valence-corrected chi connectivity index (χ4v) is 2.12. The van der Waals surface area contributed by atoms with Gasteiger partial charge in [-0.05, 0) is 36.4 Å². The lowest BCUT2D eigenvalue weighted by atomic mass is 10.1. The Morgan fingerprint density at radius 2 is 1.87 bits per heavy atom. The highest BCUT2D eigenvalue weighted by atomic mass is 16.4. The summed E-state index contributed by atoms with van der Waals surface area (Å²) in [6.45, 7) is 0. The van der Waals surface area contributed by atoms with Gasteiger partial charge in [-0.25, -0.2) is 4.79 Å². The van der Waals surface area contributed by atoms with E-state index in [2.05, 4.69) is 4.98 Å². The standard InChI is InChI=1S/C17H11N3O3/c1-20(15(21)12-8-6-11(10-18)7-9-12)17-19-14-5-3-2-4-13(14)16(22)23-17/h2-9H,1H3. The third kappa shape index (κ3) is 2.68. The van der Waals surface area contributed by atoms with E-state index in [1.807, 2.05) is 6.07 Å². The number of fused-ring (bicyclic) bond motifs is 1. The zero-order valence-corrected chi connectivity index (χ0v) is 12.2. The molecule has 0 aliphatic rings. The van der Waals surface area contributed by atoms with Gasteiger partial charge in [0.15, 0.2) is 0 Å². The summed E-state index contributed by atoms with van der Waals surface area (Å²) in [6.07, 6.45) is 0. The number of hydrogen-bond acceptors (Lipinski definition) is 5. The molecule has 112 valence electrons. The van der Waals surface area contributed by atoms with E-state index < -0.39 is 5.63 Å². The van der Waals surface area contributed by atoms with Crippen LogP contribution in [0.3, 0.4) is 0 Å². The van der Waals surface area contributed by atoms with Crippen molar-refractivity contribution >= 4 is 22.8 Å². The van der Waals surface area contributed by atoms with Gasteiger partial charge in [0.1, 0.15) is 0 Å². The molecule has 0 saturated heterocycles. The first-order valence-corrected chi connectivity index (χ1v) is 6.78. The zero-order chi connectivity index (χ0) is 16.4. The molecule has 1 heterocycles. The summed E-state index contributed by atoms with van der Waals surface area (Å²) in [7, 11) is 1.47. The summed E-state index contributed by atoms with van der Waals surface area (Å²) < 4.78 is 5.13. The van der Waals surface area contributed by atoms with E-state index >= 15 is 0 Å². The zero-order valence-electron chi connectivity index (χ0n) is 12.2. The molecule has 0 aliphatic heterocycles. The highest BCUT2D eigenvalue weighted by Crippen LogP contribution is 2.16. The number of rotatable bonds is 2. The van der Waals surface area contributed by atoms with Gasteiger partial charge in [-0.15, -0.1) is 0 Å². The number of nitriles is 1. The largest absolute Gasteiger partial charge is 0.388 e. The van der Waals surface area contributed by atoms with Crippen molar-refractivity contribution in [2.24, 2.45) is 0 Å². The van der Waals surface area contributed by atoms with Crippen LogP contribution in [-0.2, 0) is 0 Å². The van der Waals surface area contributed by atoms with Crippen molar-refractivity contribution in [2.45, 2.75) is 0 Å². The molecule has 0 N–H and O–H groups in total. The number of hydrogen-bond donors (Lipinski definition) is 0. The first-order chi connectivity index (χ1) is 11.1. The minimum atomic E-state index is -0.551. The second-order valence-corrected chi connectivity index (χ2v) is 4.85. The van der Waals surface area contributed by atoms with E-state index in [0.717, 1.165) is 4.90 Å². The Morgan fingerprint density at radius 3 is 2.57 bits per heavy atom. The van der Waals surface area contributed by atoms with Crippen LogP contribution in [0.4, 0.5) is 6.01 Å². The van der Waals surface area contributed by atoms with E-state index in [0.29, 0.717) is 22.0 Å². The number of aromatic nitrogens is 1. The Balaban J connectivity index is 1.99. The Kier molecular flexibility index (Phi) is 3.61. The number of anilines is 1. The molecule has 23 heavy (non-hydrogen) atoms. The van der Waals surface area contributed by atoms with Crippen LogP contribution in [0.2, 0.25) is 0 Å². The molecule has 6 nitrogen and oxygen atoms in total. The van der Waals surface area contributed by atoms with Crippen LogP contribution in [0, 0.1) is 11.3 Å². The lowest BCUT2D eigenvalue weighted by molar-refractivity contribution is 0.0987. The average molecular weight is 305 g/mol. The summed E-state index contributed by atoms with van der Waals surface area (Å²) in [5, 5.41) is 9.14. The van der Waals surface area contributed by atoms with Gasteiger partial charge < -0.3 is 4.42 Å². The van der Waals surface area contributed by atoms with Crippen LogP contribution >= 0.6 is 0 Å². The summed E-state index contributed by atoms with van der Waals surface area (Å²) in [5.74, 6) is -0.388. The molecule has 0 aliphatic carbocycles. The van der Waals surface area contributed by atoms with Crippen molar-refractivity contribution in [1.82, 2.24) is 4.98 Å². The van der Waals surface area contributed by atoms with E-state index in [1.165, 1.54) is 19.2 Å². The van der Waals surface area contributed by atoms with Gasteiger partial charge in [-0.1, -0.05) is 12.1 Å². The molecule has 3 aromatic rings. The predicted molar refractivity (Wildman–Crippen MR) is 84.2 cm³/mol. The van der Waals surface area contributed by atoms with Crippen LogP contribution in [0.5, 0.6) is 0 Å². The third-order valence-corrected chi connectivity index (χ3v) is 3.38. The van der Waals surface area contributed by atoms with E-state index in [4.69, 9.17) is 9.68 Å². The molecule has 0 unspecified atom stereocenters. The molecule has 3 rings (SSSR count). The molecular formula is C17H11N3O3. The van der Waals surface area contributed by atoms with Crippen LogP contribution in [0.25, 0.3) is 10.9 Å². The predicted octanol–water partition coefficient (Wildman–Crippen LogP) is 2.34. The van der Waals surface area contributed by atoms with E-state index in [-0.39, 0.29) is 11.9 Å². The SMILES string of the molecule is CN(C(=O)c1ccc(C#N)cc1)c1nc2ccccc2c(=O)o1. The number of benzene rings is 2. The normalized spacial score (nSPS) is 10.3. The van der Waals surface area contributed by atoms with Crippen molar-refractivity contribution < 1.29 is 9.21 Å². The molecular weight excluding hydrogens is 294 g/mol. The average Bonchev–Trinajstić information content (AvgIpc) is 2.60. The monoisotopic (exact) mass is 305 g/mol. The maximum atomic E-state index is 12.4. The second-order valence-electron chi connectivity index (χ2n) is 4.85. The minimum absolute atomic E-state index is 0.0805. The summed E-state index contributed by atoms with van der Waals surface area (Å²) in [4.78, 5) is 29.8. The molecule has 2 aromatic carbocycles. The molecule has 0 atom stereocenters. The smallest absolute Gasteiger partial charge is 0.348 e. The van der Waals surface area contributed by atoms with Crippen molar-refractivity contribution in [3.05, 3.63) is 70.1 Å². The van der Waals surface area contributed by atoms with Gasteiger partial charge >= 0.3 is 11.6 Å². The van der Waals surface area contributed by atoms with Crippen molar-refractivity contribution in [2.75, 3.05) is 11.9 Å². The lowest BCUT2D eigenvalue weighted by Gasteiger charge is -2.14. The maximum absolute atomic E-state index is 12.4. The first kappa shape index (κ1) is 14.5. The molecule has 0 bridgehead atoms. The summed E-state index contributed by atoms with van der Waals surface area (Å²) >= 11 is 0. The Labute approximate surface area is 131 Å². The number of nitrogens with zero attached hydrogens (tertiary/aromatic N) is 3. The van der Waals surface area contributed by atoms with Gasteiger partial charge in [0.2, 0.25) is 0 Å². The van der Waals surface area contributed by atoms with Gasteiger partial charge in [-0.3, -0.25) is 9.69 Å². The van der Waals surface area contributed by atoms with E-state index in [9.17, 15) is 9.59 Å². The number of carbonyl (C=O) groups excluding carboxylic acids is 1. The van der Waals surface area contributed by atoms with Crippen LogP contribution in [0.15, 0.2) is 57.7 Å². The van der Waals surface area contributed by atoms with Gasteiger partial charge in [0.25, 0.3) is 5.91 Å². The molecule has 0 radical (unpaired) electrons. The highest BCUT2D eigenvalue weighted by Gasteiger charge is 2.18. The Bertz CT molecular complexity index is 984. The summed E-state index contributed by atoms with van der Waals surface area (Å²) in [5.41, 5.74) is 0.729. The van der Waals surface area contributed by atoms with Crippen molar-refractivity contribution in [3.8, 4) is 6.07 Å². The molecule has 0 saturated carbocycles. The second kappa shape index (κ2) is 5.73. The van der Waals surface area contributed by atoms with Crippen LogP contribution in [0.1, 0.15) is 15.9 Å². The number of amides is 1. The van der Waals surface area contributed by atoms with Gasteiger partial charge in [-0.2, -0.15) is 10.2 Å². The van der Waals surface area contributed by atoms with Crippen molar-refractivity contribution in [1.29, 1.82) is 5.26 Å². The summed E-state index contributed by atoms with van der Waals surface area (Å²) in [6, 6.07) is 14.8.